The molecule has 2 aromatic rings. The van der Waals surface area contributed by atoms with Crippen molar-refractivity contribution in [3.05, 3.63) is 48.5 Å². The average Bonchev–Trinajstić information content (AvgIpc) is 2.72. The summed E-state index contributed by atoms with van der Waals surface area (Å²) in [5, 5.41) is 5.10. The molecule has 31 heavy (non-hydrogen) atoms. The Morgan fingerprint density at radius 2 is 1.48 bits per heavy atom. The Labute approximate surface area is 180 Å². The van der Waals surface area contributed by atoms with Crippen molar-refractivity contribution >= 4 is 39.0 Å². The van der Waals surface area contributed by atoms with E-state index in [1.54, 1.807) is 24.3 Å². The molecule has 0 fully saturated rings. The van der Waals surface area contributed by atoms with Crippen LogP contribution in [-0.2, 0) is 29.0 Å². The van der Waals surface area contributed by atoms with Crippen LogP contribution in [0.25, 0.3) is 0 Å². The molecule has 2 N–H and O–H groups in total. The minimum atomic E-state index is -3.72. The Hall–Kier alpha value is -3.40. The molecule has 2 rings (SSSR count). The lowest BCUT2D eigenvalue weighted by molar-refractivity contribution is -0.146. The first kappa shape index (κ1) is 23.9. The van der Waals surface area contributed by atoms with Crippen molar-refractivity contribution in [2.45, 2.75) is 25.2 Å². The van der Waals surface area contributed by atoms with Gasteiger partial charge in [-0.05, 0) is 55.5 Å². The smallest absolute Gasteiger partial charge is 0.307 e. The predicted octanol–water partition coefficient (Wildman–Crippen LogP) is 2.39. The molecule has 0 aliphatic rings. The summed E-state index contributed by atoms with van der Waals surface area (Å²) < 4.78 is 34.8. The summed E-state index contributed by atoms with van der Waals surface area (Å²) in [5.74, 6) is -1.43. The van der Waals surface area contributed by atoms with Crippen LogP contribution in [0.1, 0.15) is 20.3 Å². The van der Waals surface area contributed by atoms with Crippen molar-refractivity contribution in [2.75, 3.05) is 29.6 Å². The van der Waals surface area contributed by atoms with Gasteiger partial charge in [0.2, 0.25) is 5.91 Å². The first-order valence-corrected chi connectivity index (χ1v) is 11.1. The highest BCUT2D eigenvalue weighted by Crippen LogP contribution is 2.17. The van der Waals surface area contributed by atoms with Gasteiger partial charge in [-0.15, -0.1) is 0 Å². The maximum atomic E-state index is 12.3. The van der Waals surface area contributed by atoms with Gasteiger partial charge in [-0.25, -0.2) is 8.42 Å². The van der Waals surface area contributed by atoms with Gasteiger partial charge in [0, 0.05) is 18.3 Å². The van der Waals surface area contributed by atoms with Crippen molar-refractivity contribution in [2.24, 2.45) is 0 Å². The van der Waals surface area contributed by atoms with Crippen LogP contribution in [0.2, 0.25) is 0 Å². The van der Waals surface area contributed by atoms with E-state index in [-0.39, 0.29) is 10.8 Å². The van der Waals surface area contributed by atoms with Crippen molar-refractivity contribution in [3.8, 4) is 5.75 Å². The van der Waals surface area contributed by atoms with E-state index in [2.05, 4.69) is 10.6 Å². The minimum Gasteiger partial charge on any atom is -0.494 e. The molecule has 0 aliphatic carbocycles. The normalized spacial score (nSPS) is 10.8. The minimum absolute atomic E-state index is 0.0163. The van der Waals surface area contributed by atoms with Crippen molar-refractivity contribution in [1.29, 1.82) is 0 Å². The fraction of sp³-hybridized carbons (Fsp3) is 0.286. The monoisotopic (exact) mass is 448 g/mol. The van der Waals surface area contributed by atoms with Gasteiger partial charge in [0.1, 0.15) is 5.75 Å². The van der Waals surface area contributed by atoms with E-state index in [9.17, 15) is 22.8 Å². The Morgan fingerprint density at radius 3 is 2.06 bits per heavy atom. The van der Waals surface area contributed by atoms with Crippen molar-refractivity contribution < 1.29 is 32.3 Å². The predicted molar refractivity (Wildman–Crippen MR) is 115 cm³/mol. The second-order valence-corrected chi connectivity index (χ2v) is 8.55. The number of esters is 1. The molecule has 0 heterocycles. The van der Waals surface area contributed by atoms with Gasteiger partial charge in [0.15, 0.2) is 16.4 Å². The SMILES string of the molecule is CCOc1ccc(NC(=O)COC(=O)CCS(=O)(=O)c2ccc(NC(C)=O)cc2)cc1. The van der Waals surface area contributed by atoms with Crippen LogP contribution >= 0.6 is 0 Å². The van der Waals surface area contributed by atoms with Gasteiger partial charge in [-0.2, -0.15) is 0 Å². The molecule has 0 spiro atoms. The molecule has 0 aliphatic heterocycles. The third kappa shape index (κ3) is 8.09. The molecule has 0 saturated carbocycles. The van der Waals surface area contributed by atoms with Gasteiger partial charge in [0.05, 0.1) is 23.7 Å². The fourth-order valence-electron chi connectivity index (χ4n) is 2.50. The largest absolute Gasteiger partial charge is 0.494 e. The lowest BCUT2D eigenvalue weighted by Crippen LogP contribution is -2.22. The Balaban J connectivity index is 1.78. The van der Waals surface area contributed by atoms with Crippen LogP contribution in [-0.4, -0.2) is 45.2 Å². The van der Waals surface area contributed by atoms with Gasteiger partial charge in [0.25, 0.3) is 5.91 Å². The van der Waals surface area contributed by atoms with Crippen molar-refractivity contribution in [3.63, 3.8) is 0 Å². The molecule has 0 bridgehead atoms. The quantitative estimate of drug-likeness (QED) is 0.534. The number of rotatable bonds is 10. The molecule has 0 saturated heterocycles. The van der Waals surface area contributed by atoms with Crippen LogP contribution in [0.3, 0.4) is 0 Å². The average molecular weight is 448 g/mol. The Bertz CT molecular complexity index is 1020. The molecule has 0 aromatic heterocycles. The molecule has 9 nitrogen and oxygen atoms in total. The third-order valence-electron chi connectivity index (χ3n) is 3.92. The zero-order valence-corrected chi connectivity index (χ0v) is 18.0. The topological polar surface area (TPSA) is 128 Å². The molecule has 0 radical (unpaired) electrons. The lowest BCUT2D eigenvalue weighted by atomic mass is 10.3. The van der Waals surface area contributed by atoms with E-state index in [4.69, 9.17) is 9.47 Å². The summed E-state index contributed by atoms with van der Waals surface area (Å²) in [6.07, 6.45) is -0.397. The van der Waals surface area contributed by atoms with E-state index in [1.165, 1.54) is 31.2 Å². The molecule has 0 unspecified atom stereocenters. The zero-order chi connectivity index (χ0) is 22.9. The van der Waals surface area contributed by atoms with Gasteiger partial charge in [-0.1, -0.05) is 0 Å². The van der Waals surface area contributed by atoms with Crippen LogP contribution < -0.4 is 15.4 Å². The van der Waals surface area contributed by atoms with Crippen LogP contribution in [0.4, 0.5) is 11.4 Å². The number of hydrogen-bond donors (Lipinski definition) is 2. The summed E-state index contributed by atoms with van der Waals surface area (Å²) in [5.41, 5.74) is 0.971. The molecular weight excluding hydrogens is 424 g/mol. The number of amides is 2. The highest BCUT2D eigenvalue weighted by Gasteiger charge is 2.18. The van der Waals surface area contributed by atoms with E-state index < -0.39 is 40.5 Å². The van der Waals surface area contributed by atoms with E-state index in [0.29, 0.717) is 23.7 Å². The third-order valence-corrected chi connectivity index (χ3v) is 5.65. The van der Waals surface area contributed by atoms with E-state index in [1.807, 2.05) is 6.92 Å². The van der Waals surface area contributed by atoms with Gasteiger partial charge < -0.3 is 20.1 Å². The summed E-state index contributed by atoms with van der Waals surface area (Å²) in [6.45, 7) is 3.20. The standard InChI is InChI=1S/C21H24N2O7S/c1-3-29-18-8-4-17(5-9-18)23-20(25)14-30-21(26)12-13-31(27,28)19-10-6-16(7-11-19)22-15(2)24/h4-11H,3,12-14H2,1-2H3,(H,22,24)(H,23,25). The van der Waals surface area contributed by atoms with E-state index in [0.717, 1.165) is 0 Å². The maximum absolute atomic E-state index is 12.3. The molecule has 2 amide bonds. The van der Waals surface area contributed by atoms with Gasteiger partial charge >= 0.3 is 5.97 Å². The number of sulfone groups is 1. The number of carbonyl (C=O) groups is 3. The Kier molecular flexibility index (Phi) is 8.56. The van der Waals surface area contributed by atoms with Crippen LogP contribution in [0.5, 0.6) is 5.75 Å². The van der Waals surface area contributed by atoms with Crippen LogP contribution in [0, 0.1) is 0 Å². The second kappa shape index (κ2) is 11.1. The number of ether oxygens (including phenoxy) is 2. The first-order chi connectivity index (χ1) is 14.7. The number of nitrogens with one attached hydrogen (secondary N) is 2. The number of carbonyl (C=O) groups excluding carboxylic acids is 3. The summed E-state index contributed by atoms with van der Waals surface area (Å²) in [6, 6.07) is 12.3. The van der Waals surface area contributed by atoms with E-state index >= 15 is 0 Å². The maximum Gasteiger partial charge on any atom is 0.307 e. The Morgan fingerprint density at radius 1 is 0.903 bits per heavy atom. The molecule has 2 aromatic carbocycles. The number of anilines is 2. The first-order valence-electron chi connectivity index (χ1n) is 9.48. The fourth-order valence-corrected chi connectivity index (χ4v) is 3.72. The molecular formula is C21H24N2O7S. The highest BCUT2D eigenvalue weighted by molar-refractivity contribution is 7.91. The number of hydrogen-bond acceptors (Lipinski definition) is 7. The second-order valence-electron chi connectivity index (χ2n) is 6.44. The lowest BCUT2D eigenvalue weighted by Gasteiger charge is -2.08. The zero-order valence-electron chi connectivity index (χ0n) is 17.2. The summed E-state index contributed by atoms with van der Waals surface area (Å²) in [7, 11) is -3.72. The summed E-state index contributed by atoms with van der Waals surface area (Å²) in [4.78, 5) is 34.8. The van der Waals surface area contributed by atoms with Crippen LogP contribution in [0.15, 0.2) is 53.4 Å². The number of benzene rings is 2. The molecule has 0 atom stereocenters. The van der Waals surface area contributed by atoms with Gasteiger partial charge in [-0.3, -0.25) is 14.4 Å². The molecule has 166 valence electrons. The molecule has 10 heteroatoms. The highest BCUT2D eigenvalue weighted by atomic mass is 32.2. The van der Waals surface area contributed by atoms with Crippen molar-refractivity contribution in [1.82, 2.24) is 0 Å². The summed E-state index contributed by atoms with van der Waals surface area (Å²) >= 11 is 0.